The van der Waals surface area contributed by atoms with Gasteiger partial charge in [0.1, 0.15) is 23.5 Å². The second-order valence-electron chi connectivity index (χ2n) is 5.51. The van der Waals surface area contributed by atoms with Crippen LogP contribution in [0.3, 0.4) is 0 Å². The Labute approximate surface area is 138 Å². The molecule has 0 amide bonds. The van der Waals surface area contributed by atoms with Crippen LogP contribution >= 0.6 is 0 Å². The van der Waals surface area contributed by atoms with Gasteiger partial charge in [-0.2, -0.15) is 10.5 Å². The number of hydrogen-bond acceptors (Lipinski definition) is 3. The second-order valence-corrected chi connectivity index (χ2v) is 5.51. The molecule has 1 heterocycles. The molecule has 4 rings (SSSR count). The summed E-state index contributed by atoms with van der Waals surface area (Å²) >= 11 is 0. The predicted octanol–water partition coefficient (Wildman–Crippen LogP) is 4.23. The molecule has 0 atom stereocenters. The zero-order valence-corrected chi connectivity index (χ0v) is 12.6. The summed E-state index contributed by atoms with van der Waals surface area (Å²) in [6, 6.07) is 19.4. The summed E-state index contributed by atoms with van der Waals surface area (Å²) in [5.41, 5.74) is 0.788. The van der Waals surface area contributed by atoms with Gasteiger partial charge in [-0.15, -0.1) is 0 Å². The number of aromatic nitrogens is 1. The summed E-state index contributed by atoms with van der Waals surface area (Å²) in [6.07, 6.45) is 3.64. The van der Waals surface area contributed by atoms with Crippen LogP contribution < -0.4 is 0 Å². The molecular weight excluding hydrogens is 298 g/mol. The summed E-state index contributed by atoms with van der Waals surface area (Å²) in [4.78, 5) is 0. The van der Waals surface area contributed by atoms with Crippen molar-refractivity contribution in [3.63, 3.8) is 0 Å². The minimum atomic E-state index is -0.147. The maximum absolute atomic E-state index is 10.6. The summed E-state index contributed by atoms with van der Waals surface area (Å²) in [5, 5.41) is 32.9. The highest BCUT2D eigenvalue weighted by Gasteiger charge is 2.20. The predicted molar refractivity (Wildman–Crippen MR) is 91.9 cm³/mol. The molecule has 4 nitrogen and oxygen atoms in total. The number of nitriles is 2. The zero-order chi connectivity index (χ0) is 16.7. The van der Waals surface area contributed by atoms with Crippen LogP contribution in [0.1, 0.15) is 11.1 Å². The lowest BCUT2D eigenvalue weighted by atomic mass is 9.95. The van der Waals surface area contributed by atoms with E-state index >= 15 is 0 Å². The third-order valence-corrected chi connectivity index (χ3v) is 4.21. The van der Waals surface area contributed by atoms with Crippen LogP contribution in [-0.4, -0.2) is 9.67 Å². The minimum Gasteiger partial charge on any atom is -0.506 e. The average molecular weight is 309 g/mol. The van der Waals surface area contributed by atoms with Crippen molar-refractivity contribution in [1.82, 2.24) is 4.57 Å². The van der Waals surface area contributed by atoms with E-state index in [2.05, 4.69) is 6.07 Å². The number of aromatic hydroxyl groups is 1. The van der Waals surface area contributed by atoms with Crippen molar-refractivity contribution in [3.8, 4) is 23.6 Å². The van der Waals surface area contributed by atoms with Gasteiger partial charge in [-0.1, -0.05) is 24.3 Å². The second kappa shape index (κ2) is 5.15. The highest BCUT2D eigenvalue weighted by molar-refractivity contribution is 6.07. The Morgan fingerprint density at radius 1 is 0.792 bits per heavy atom. The van der Waals surface area contributed by atoms with E-state index in [9.17, 15) is 15.6 Å². The molecule has 24 heavy (non-hydrogen) atoms. The van der Waals surface area contributed by atoms with Crippen molar-refractivity contribution in [2.24, 2.45) is 0 Å². The van der Waals surface area contributed by atoms with Gasteiger partial charge in [-0.05, 0) is 35.0 Å². The fraction of sp³-hybridized carbons (Fsp3) is 0. The van der Waals surface area contributed by atoms with Gasteiger partial charge in [-0.25, -0.2) is 0 Å². The number of benzene rings is 3. The molecule has 0 aliphatic heterocycles. The first kappa shape index (κ1) is 13.9. The topological polar surface area (TPSA) is 72.7 Å². The summed E-state index contributed by atoms with van der Waals surface area (Å²) in [6.45, 7) is 0. The molecule has 1 N–H and O–H groups in total. The van der Waals surface area contributed by atoms with E-state index in [1.165, 1.54) is 0 Å². The van der Waals surface area contributed by atoms with E-state index in [-0.39, 0.29) is 16.9 Å². The van der Waals surface area contributed by atoms with Crippen LogP contribution in [0.5, 0.6) is 5.75 Å². The van der Waals surface area contributed by atoms with E-state index in [0.29, 0.717) is 11.1 Å². The molecule has 0 aliphatic carbocycles. The number of rotatable bonds is 1. The van der Waals surface area contributed by atoms with Crippen molar-refractivity contribution in [3.05, 3.63) is 72.1 Å². The Balaban J connectivity index is 2.30. The van der Waals surface area contributed by atoms with Crippen LogP contribution in [-0.2, 0) is 0 Å². The van der Waals surface area contributed by atoms with Crippen LogP contribution in [0.2, 0.25) is 0 Å². The number of nitrogens with zero attached hydrogens (tertiary/aromatic N) is 3. The lowest BCUT2D eigenvalue weighted by molar-refractivity contribution is 0.479. The average Bonchev–Trinajstić information content (AvgIpc) is 3.14. The fourth-order valence-electron chi connectivity index (χ4n) is 3.11. The van der Waals surface area contributed by atoms with Crippen LogP contribution in [0, 0.1) is 22.7 Å². The molecule has 4 heteroatoms. The first-order valence-electron chi connectivity index (χ1n) is 7.39. The molecule has 0 fully saturated rings. The molecule has 1 aromatic heterocycles. The number of fused-ring (bicyclic) bond motifs is 2. The van der Waals surface area contributed by atoms with Gasteiger partial charge in [0.05, 0.1) is 11.3 Å². The number of phenolic OH excluding ortho intramolecular Hbond substituents is 1. The maximum atomic E-state index is 10.6. The molecule has 0 aliphatic rings. The highest BCUT2D eigenvalue weighted by atomic mass is 16.3. The maximum Gasteiger partial charge on any atom is 0.142 e. The zero-order valence-electron chi connectivity index (χ0n) is 12.6. The summed E-state index contributed by atoms with van der Waals surface area (Å²) in [7, 11) is 0. The van der Waals surface area contributed by atoms with Gasteiger partial charge in [0.2, 0.25) is 0 Å². The minimum absolute atomic E-state index is 0.00369. The molecule has 0 saturated heterocycles. The molecule has 3 aromatic carbocycles. The monoisotopic (exact) mass is 309 g/mol. The van der Waals surface area contributed by atoms with Gasteiger partial charge in [-0.3, -0.25) is 0 Å². The van der Waals surface area contributed by atoms with E-state index in [1.54, 1.807) is 4.57 Å². The van der Waals surface area contributed by atoms with E-state index in [1.807, 2.05) is 67.0 Å². The number of phenols is 1. The molecule has 0 saturated carbocycles. The Kier molecular flexibility index (Phi) is 2.98. The SMILES string of the molecule is N#Cc1c(C#N)c(-n2cccc2)c2cc3ccccc3cc2c1O. The smallest absolute Gasteiger partial charge is 0.142 e. The molecule has 112 valence electrons. The Morgan fingerprint density at radius 2 is 1.38 bits per heavy atom. The van der Waals surface area contributed by atoms with Crippen LogP contribution in [0.4, 0.5) is 0 Å². The van der Waals surface area contributed by atoms with E-state index in [4.69, 9.17) is 0 Å². The van der Waals surface area contributed by atoms with Crippen molar-refractivity contribution < 1.29 is 5.11 Å². The molecule has 4 aromatic rings. The molecular formula is C20H11N3O. The summed E-state index contributed by atoms with van der Waals surface area (Å²) in [5.74, 6) is -0.147. The molecule has 0 radical (unpaired) electrons. The van der Waals surface area contributed by atoms with Gasteiger partial charge >= 0.3 is 0 Å². The first-order valence-corrected chi connectivity index (χ1v) is 7.39. The standard InChI is InChI=1S/C20H11N3O/c21-11-17-18(12-22)20(24)16-10-14-6-2-1-5-13(14)9-15(16)19(17)23-7-3-4-8-23/h1-10,24H. The lowest BCUT2D eigenvalue weighted by Crippen LogP contribution is -2.00. The Morgan fingerprint density at radius 3 is 1.96 bits per heavy atom. The largest absolute Gasteiger partial charge is 0.506 e. The van der Waals surface area contributed by atoms with Crippen LogP contribution in [0.15, 0.2) is 60.9 Å². The van der Waals surface area contributed by atoms with Gasteiger partial charge < -0.3 is 9.67 Å². The third kappa shape index (κ3) is 1.84. The normalized spacial score (nSPS) is 10.6. The first-order chi connectivity index (χ1) is 11.7. The van der Waals surface area contributed by atoms with Crippen molar-refractivity contribution in [2.45, 2.75) is 0 Å². The van der Waals surface area contributed by atoms with Gasteiger partial charge in [0, 0.05) is 23.2 Å². The van der Waals surface area contributed by atoms with Crippen LogP contribution in [0.25, 0.3) is 27.2 Å². The Bertz CT molecular complexity index is 1180. The van der Waals surface area contributed by atoms with Crippen molar-refractivity contribution in [2.75, 3.05) is 0 Å². The van der Waals surface area contributed by atoms with Crippen molar-refractivity contribution >= 4 is 21.5 Å². The van der Waals surface area contributed by atoms with Gasteiger partial charge in [0.15, 0.2) is 0 Å². The molecule has 0 unspecified atom stereocenters. The fourth-order valence-corrected chi connectivity index (χ4v) is 3.11. The van der Waals surface area contributed by atoms with E-state index in [0.717, 1.165) is 16.2 Å². The van der Waals surface area contributed by atoms with E-state index < -0.39 is 0 Å². The molecule has 0 bridgehead atoms. The third-order valence-electron chi connectivity index (χ3n) is 4.21. The van der Waals surface area contributed by atoms with Gasteiger partial charge in [0.25, 0.3) is 0 Å². The molecule has 0 spiro atoms. The Hall–Kier alpha value is -3.76. The highest BCUT2D eigenvalue weighted by Crippen LogP contribution is 2.39. The quantitative estimate of drug-likeness (QED) is 0.535. The lowest BCUT2D eigenvalue weighted by Gasteiger charge is -2.15. The summed E-state index contributed by atoms with van der Waals surface area (Å²) < 4.78 is 1.80. The van der Waals surface area contributed by atoms with Crippen molar-refractivity contribution in [1.29, 1.82) is 10.5 Å². The number of hydrogen-bond donors (Lipinski definition) is 1.